The Morgan fingerprint density at radius 2 is 1.96 bits per heavy atom. The van der Waals surface area contributed by atoms with Crippen molar-refractivity contribution in [2.75, 3.05) is 30.8 Å². The van der Waals surface area contributed by atoms with Gasteiger partial charge < -0.3 is 4.90 Å². The third kappa shape index (κ3) is 4.12. The van der Waals surface area contributed by atoms with Gasteiger partial charge in [0.05, 0.1) is 16.3 Å². The van der Waals surface area contributed by atoms with Crippen molar-refractivity contribution in [2.45, 2.75) is 32.0 Å². The lowest BCUT2D eigenvalue weighted by Crippen LogP contribution is -2.46. The van der Waals surface area contributed by atoms with Crippen LogP contribution in [0.4, 0.5) is 19.0 Å². The summed E-state index contributed by atoms with van der Waals surface area (Å²) in [6, 6.07) is 0.739. The lowest BCUT2D eigenvalue weighted by molar-refractivity contribution is -0.137. The molecule has 0 aromatic carbocycles. The van der Waals surface area contributed by atoms with Gasteiger partial charge in [0.1, 0.15) is 5.82 Å². The predicted octanol–water partition coefficient (Wildman–Crippen LogP) is 3.00. The fourth-order valence-electron chi connectivity index (χ4n) is 2.69. The lowest BCUT2D eigenvalue weighted by atomic mass is 10.1. The Balaban J connectivity index is 2.08. The first-order valence-corrected chi connectivity index (χ1v) is 9.48. The van der Waals surface area contributed by atoms with Crippen LogP contribution in [-0.4, -0.2) is 49.6 Å². The van der Waals surface area contributed by atoms with Gasteiger partial charge in [0.25, 0.3) is 0 Å². The van der Waals surface area contributed by atoms with E-state index in [1.807, 2.05) is 0 Å². The first-order chi connectivity index (χ1) is 11.1. The second-order valence-corrected chi connectivity index (χ2v) is 8.39. The highest BCUT2D eigenvalue weighted by atomic mass is 35.5. The number of aromatic nitrogens is 1. The van der Waals surface area contributed by atoms with Gasteiger partial charge in [-0.25, -0.2) is 17.7 Å². The number of hydrogen-bond acceptors (Lipinski definition) is 4. The molecule has 1 aliphatic rings. The molecule has 24 heavy (non-hydrogen) atoms. The van der Waals surface area contributed by atoms with Crippen LogP contribution in [0.1, 0.15) is 25.3 Å². The first kappa shape index (κ1) is 19.3. The van der Waals surface area contributed by atoms with Crippen LogP contribution in [0, 0.1) is 0 Å². The van der Waals surface area contributed by atoms with Gasteiger partial charge in [-0.05, 0) is 25.8 Å². The van der Waals surface area contributed by atoms with Gasteiger partial charge in [-0.15, -0.1) is 0 Å². The third-order valence-electron chi connectivity index (χ3n) is 4.23. The SMILES string of the molecule is CCS(=O)(=O)N(C)C1CCN(c2ncc(C(F)(F)F)cc2Cl)CC1. The molecule has 2 heterocycles. The minimum Gasteiger partial charge on any atom is -0.355 e. The molecule has 0 spiro atoms. The zero-order chi connectivity index (χ0) is 18.1. The van der Waals surface area contributed by atoms with Gasteiger partial charge in [-0.2, -0.15) is 13.2 Å². The average Bonchev–Trinajstić information content (AvgIpc) is 2.53. The summed E-state index contributed by atoms with van der Waals surface area (Å²) in [6.07, 6.45) is -2.59. The second kappa shape index (κ2) is 7.05. The van der Waals surface area contributed by atoms with Gasteiger partial charge in [0.2, 0.25) is 10.0 Å². The van der Waals surface area contributed by atoms with Crippen LogP contribution in [0.3, 0.4) is 0 Å². The van der Waals surface area contributed by atoms with Gasteiger partial charge in [0, 0.05) is 32.4 Å². The van der Waals surface area contributed by atoms with E-state index < -0.39 is 21.8 Å². The van der Waals surface area contributed by atoms with Gasteiger partial charge in [0.15, 0.2) is 0 Å². The van der Waals surface area contributed by atoms with Crippen LogP contribution in [-0.2, 0) is 16.2 Å². The van der Waals surface area contributed by atoms with Crippen LogP contribution in [0.15, 0.2) is 12.3 Å². The fourth-order valence-corrected chi connectivity index (χ4v) is 4.05. The molecule has 10 heteroatoms. The van der Waals surface area contributed by atoms with E-state index in [-0.39, 0.29) is 16.8 Å². The van der Waals surface area contributed by atoms with Crippen molar-refractivity contribution in [3.8, 4) is 0 Å². The summed E-state index contributed by atoms with van der Waals surface area (Å²) in [4.78, 5) is 5.63. The zero-order valence-electron chi connectivity index (χ0n) is 13.3. The number of sulfonamides is 1. The summed E-state index contributed by atoms with van der Waals surface area (Å²) in [7, 11) is -1.70. The molecule has 0 aliphatic carbocycles. The maximum absolute atomic E-state index is 12.7. The largest absolute Gasteiger partial charge is 0.417 e. The summed E-state index contributed by atoms with van der Waals surface area (Å²) in [6.45, 7) is 2.55. The molecule has 1 aromatic rings. The highest BCUT2D eigenvalue weighted by Gasteiger charge is 2.33. The Morgan fingerprint density at radius 1 is 1.38 bits per heavy atom. The molecule has 5 nitrogen and oxygen atoms in total. The molecule has 136 valence electrons. The zero-order valence-corrected chi connectivity index (χ0v) is 14.9. The number of nitrogens with zero attached hydrogens (tertiary/aromatic N) is 3. The Morgan fingerprint density at radius 3 is 2.42 bits per heavy atom. The summed E-state index contributed by atoms with van der Waals surface area (Å²) >= 11 is 5.95. The maximum atomic E-state index is 12.7. The molecular weight excluding hydrogens is 367 g/mol. The van der Waals surface area contributed by atoms with Crippen LogP contribution in [0.5, 0.6) is 0 Å². The van der Waals surface area contributed by atoms with Crippen molar-refractivity contribution in [1.29, 1.82) is 0 Å². The van der Waals surface area contributed by atoms with Gasteiger partial charge in [-0.3, -0.25) is 0 Å². The van der Waals surface area contributed by atoms with E-state index in [1.54, 1.807) is 18.9 Å². The first-order valence-electron chi connectivity index (χ1n) is 7.49. The molecule has 0 radical (unpaired) electrons. The molecule has 0 atom stereocenters. The molecule has 0 bridgehead atoms. The number of alkyl halides is 3. The van der Waals surface area contributed by atoms with Crippen LogP contribution < -0.4 is 4.90 Å². The monoisotopic (exact) mass is 385 g/mol. The highest BCUT2D eigenvalue weighted by molar-refractivity contribution is 7.89. The van der Waals surface area contributed by atoms with Crippen molar-refractivity contribution in [3.63, 3.8) is 0 Å². The van der Waals surface area contributed by atoms with Crippen molar-refractivity contribution in [3.05, 3.63) is 22.8 Å². The number of halogens is 4. The minimum atomic E-state index is -4.49. The molecule has 0 amide bonds. The minimum absolute atomic E-state index is 0.0377. The van der Waals surface area contributed by atoms with Gasteiger partial charge >= 0.3 is 6.18 Å². The van der Waals surface area contributed by atoms with E-state index in [0.717, 1.165) is 12.3 Å². The van der Waals surface area contributed by atoms with Crippen LogP contribution in [0.2, 0.25) is 5.02 Å². The van der Waals surface area contributed by atoms with Crippen molar-refractivity contribution in [1.82, 2.24) is 9.29 Å². The molecule has 0 unspecified atom stereocenters. The average molecular weight is 386 g/mol. The lowest BCUT2D eigenvalue weighted by Gasteiger charge is -2.36. The van der Waals surface area contributed by atoms with E-state index in [2.05, 4.69) is 4.98 Å². The fraction of sp³-hybridized carbons (Fsp3) is 0.643. The Labute approximate surface area is 144 Å². The number of anilines is 1. The molecule has 1 aliphatic heterocycles. The van der Waals surface area contributed by atoms with Crippen molar-refractivity contribution in [2.24, 2.45) is 0 Å². The van der Waals surface area contributed by atoms with E-state index in [4.69, 9.17) is 11.6 Å². The Kier molecular flexibility index (Phi) is 5.66. The topological polar surface area (TPSA) is 53.5 Å². The summed E-state index contributed by atoms with van der Waals surface area (Å²) in [5.74, 6) is 0.333. The Hall–Kier alpha value is -1.06. The van der Waals surface area contributed by atoms with Crippen molar-refractivity contribution < 1.29 is 21.6 Å². The number of rotatable bonds is 4. The standard InChI is InChI=1S/C14H19ClF3N3O2S/c1-3-24(22,23)20(2)11-4-6-21(7-5-11)13-12(15)8-10(9-19-13)14(16,17)18/h8-9,11H,3-7H2,1-2H3. The molecule has 0 saturated carbocycles. The van der Waals surface area contributed by atoms with Crippen molar-refractivity contribution >= 4 is 27.4 Å². The maximum Gasteiger partial charge on any atom is 0.417 e. The molecular formula is C14H19ClF3N3O2S. The van der Waals surface area contributed by atoms with E-state index in [9.17, 15) is 21.6 Å². The number of pyridine rings is 1. The summed E-state index contributed by atoms with van der Waals surface area (Å²) in [5.41, 5.74) is -0.889. The smallest absolute Gasteiger partial charge is 0.355 e. The van der Waals surface area contributed by atoms with Crippen LogP contribution >= 0.6 is 11.6 Å². The molecule has 2 rings (SSSR count). The third-order valence-corrected chi connectivity index (χ3v) is 6.41. The van der Waals surface area contributed by atoms with Gasteiger partial charge in [-0.1, -0.05) is 11.6 Å². The van der Waals surface area contributed by atoms with Crippen LogP contribution in [0.25, 0.3) is 0 Å². The molecule has 1 fully saturated rings. The quantitative estimate of drug-likeness (QED) is 0.799. The molecule has 1 aromatic heterocycles. The second-order valence-electron chi connectivity index (χ2n) is 5.66. The predicted molar refractivity (Wildman–Crippen MR) is 86.7 cm³/mol. The van der Waals surface area contributed by atoms with E-state index >= 15 is 0 Å². The molecule has 1 saturated heterocycles. The number of hydrogen-bond donors (Lipinski definition) is 0. The van der Waals surface area contributed by atoms with E-state index in [1.165, 1.54) is 4.31 Å². The summed E-state index contributed by atoms with van der Waals surface area (Å²) < 4.78 is 63.2. The Bertz CT molecular complexity index is 689. The highest BCUT2D eigenvalue weighted by Crippen LogP contribution is 2.34. The summed E-state index contributed by atoms with van der Waals surface area (Å²) in [5, 5.41) is -0.0576. The molecule has 0 N–H and O–H groups in total. The van der Waals surface area contributed by atoms with E-state index in [0.29, 0.717) is 31.7 Å². The normalized spacial score (nSPS) is 17.5. The number of piperidine rings is 1.